The zero-order valence-corrected chi connectivity index (χ0v) is 14.2. The summed E-state index contributed by atoms with van der Waals surface area (Å²) in [5.74, 6) is -3.22. The number of likely N-dealkylation sites (N-methyl/N-ethyl adjacent to an activating group) is 1. The molecule has 0 saturated carbocycles. The molecule has 0 spiro atoms. The molecule has 0 heterocycles. The van der Waals surface area contributed by atoms with Crippen LogP contribution in [0.5, 0.6) is 5.75 Å². The molecule has 0 amide bonds. The molecule has 2 aromatic rings. The van der Waals surface area contributed by atoms with E-state index in [0.717, 1.165) is 11.3 Å². The SMILES string of the molecule is CC(Cc1ccc(O)cc1)N(C)c1ccc(S(=O)(=O)C(F)F)cc1. The molecule has 0 aliphatic carbocycles. The Balaban J connectivity index is 2.11. The van der Waals surface area contributed by atoms with Gasteiger partial charge in [-0.05, 0) is 55.3 Å². The van der Waals surface area contributed by atoms with E-state index in [9.17, 15) is 22.3 Å². The lowest BCUT2D eigenvalue weighted by molar-refractivity contribution is 0.234. The number of phenols is 1. The summed E-state index contributed by atoms with van der Waals surface area (Å²) in [6.07, 6.45) is 0.716. The normalized spacial score (nSPS) is 13.0. The fraction of sp³-hybridized carbons (Fsp3) is 0.294. The molecule has 0 radical (unpaired) electrons. The standard InChI is InChI=1S/C17H19F2NO3S/c1-12(11-13-3-7-15(21)8-4-13)20(2)14-5-9-16(10-6-14)24(22,23)17(18)19/h3-10,12,17,21H,11H2,1-2H3. The van der Waals surface area contributed by atoms with Crippen LogP contribution in [0.3, 0.4) is 0 Å². The van der Waals surface area contributed by atoms with Gasteiger partial charge in [0.15, 0.2) is 0 Å². The Morgan fingerprint density at radius 1 is 1.04 bits per heavy atom. The molecule has 0 saturated heterocycles. The first kappa shape index (κ1) is 18.2. The molecular weight excluding hydrogens is 336 g/mol. The van der Waals surface area contributed by atoms with Crippen LogP contribution in [0.2, 0.25) is 0 Å². The van der Waals surface area contributed by atoms with Gasteiger partial charge in [0.05, 0.1) is 4.90 Å². The summed E-state index contributed by atoms with van der Waals surface area (Å²) in [6.45, 7) is 2.00. The molecule has 0 bridgehead atoms. The first-order valence-electron chi connectivity index (χ1n) is 7.34. The third-order valence-corrected chi connectivity index (χ3v) is 5.33. The Labute approximate surface area is 140 Å². The van der Waals surface area contributed by atoms with Gasteiger partial charge >= 0.3 is 5.76 Å². The lowest BCUT2D eigenvalue weighted by Gasteiger charge is -2.27. The van der Waals surface area contributed by atoms with Gasteiger partial charge < -0.3 is 10.0 Å². The molecule has 24 heavy (non-hydrogen) atoms. The topological polar surface area (TPSA) is 57.6 Å². The Morgan fingerprint density at radius 2 is 1.58 bits per heavy atom. The third-order valence-electron chi connectivity index (χ3n) is 3.94. The number of benzene rings is 2. The van der Waals surface area contributed by atoms with Crippen LogP contribution in [0.25, 0.3) is 0 Å². The quantitative estimate of drug-likeness (QED) is 0.862. The summed E-state index contributed by atoms with van der Waals surface area (Å²) in [6, 6.07) is 12.4. The Morgan fingerprint density at radius 3 is 2.08 bits per heavy atom. The lowest BCUT2D eigenvalue weighted by Crippen LogP contribution is -2.30. The van der Waals surface area contributed by atoms with Crippen LogP contribution in [-0.2, 0) is 16.3 Å². The van der Waals surface area contributed by atoms with Crippen molar-refractivity contribution in [2.45, 2.75) is 30.0 Å². The van der Waals surface area contributed by atoms with Crippen molar-refractivity contribution in [1.29, 1.82) is 0 Å². The van der Waals surface area contributed by atoms with E-state index in [1.807, 2.05) is 31.0 Å². The number of rotatable bonds is 6. The van der Waals surface area contributed by atoms with E-state index in [1.165, 1.54) is 24.3 Å². The molecule has 1 atom stereocenters. The summed E-state index contributed by atoms with van der Waals surface area (Å²) in [5, 5.41) is 9.30. The molecule has 4 nitrogen and oxygen atoms in total. The largest absolute Gasteiger partial charge is 0.508 e. The number of nitrogens with zero attached hydrogens (tertiary/aromatic N) is 1. The fourth-order valence-corrected chi connectivity index (χ4v) is 3.06. The number of aromatic hydroxyl groups is 1. The van der Waals surface area contributed by atoms with Crippen molar-refractivity contribution in [1.82, 2.24) is 0 Å². The molecule has 0 aromatic heterocycles. The lowest BCUT2D eigenvalue weighted by atomic mass is 10.1. The van der Waals surface area contributed by atoms with Gasteiger partial charge in [-0.25, -0.2) is 8.42 Å². The van der Waals surface area contributed by atoms with Crippen LogP contribution in [0.4, 0.5) is 14.5 Å². The zero-order chi connectivity index (χ0) is 17.9. The van der Waals surface area contributed by atoms with Gasteiger partial charge in [-0.3, -0.25) is 0 Å². The average molecular weight is 355 g/mol. The predicted molar refractivity (Wildman–Crippen MR) is 89.3 cm³/mol. The van der Waals surface area contributed by atoms with Crippen molar-refractivity contribution in [3.8, 4) is 5.75 Å². The summed E-state index contributed by atoms with van der Waals surface area (Å²) in [7, 11) is -2.72. The molecule has 1 unspecified atom stereocenters. The van der Waals surface area contributed by atoms with E-state index in [2.05, 4.69) is 0 Å². The first-order valence-corrected chi connectivity index (χ1v) is 8.89. The summed E-state index contributed by atoms with van der Waals surface area (Å²) < 4.78 is 47.9. The Hall–Kier alpha value is -2.15. The maximum atomic E-state index is 12.5. The highest BCUT2D eigenvalue weighted by Crippen LogP contribution is 2.23. The van der Waals surface area contributed by atoms with E-state index in [0.29, 0.717) is 6.42 Å². The van der Waals surface area contributed by atoms with Gasteiger partial charge in [0.25, 0.3) is 0 Å². The number of hydrogen-bond acceptors (Lipinski definition) is 4. The molecule has 2 rings (SSSR count). The number of halogens is 2. The smallest absolute Gasteiger partial charge is 0.341 e. The molecule has 130 valence electrons. The number of sulfone groups is 1. The highest BCUT2D eigenvalue weighted by Gasteiger charge is 2.26. The van der Waals surface area contributed by atoms with Crippen LogP contribution in [0.1, 0.15) is 12.5 Å². The van der Waals surface area contributed by atoms with Crippen molar-refractivity contribution < 1.29 is 22.3 Å². The van der Waals surface area contributed by atoms with Crippen LogP contribution in [-0.4, -0.2) is 32.4 Å². The average Bonchev–Trinajstić information content (AvgIpc) is 2.56. The van der Waals surface area contributed by atoms with E-state index in [1.54, 1.807) is 12.1 Å². The predicted octanol–water partition coefficient (Wildman–Crippen LogP) is 3.46. The minimum Gasteiger partial charge on any atom is -0.508 e. The van der Waals surface area contributed by atoms with Crippen LogP contribution in [0.15, 0.2) is 53.4 Å². The minimum absolute atomic E-state index is 0.0899. The van der Waals surface area contributed by atoms with Gasteiger partial charge in [0.1, 0.15) is 5.75 Å². The van der Waals surface area contributed by atoms with Gasteiger partial charge in [0.2, 0.25) is 9.84 Å². The molecule has 1 N–H and O–H groups in total. The first-order chi connectivity index (χ1) is 11.2. The number of hydrogen-bond donors (Lipinski definition) is 1. The van der Waals surface area contributed by atoms with Crippen molar-refractivity contribution >= 4 is 15.5 Å². The minimum atomic E-state index is -4.57. The Bertz CT molecular complexity index is 774. The number of phenolic OH excluding ortho intramolecular Hbond substituents is 1. The van der Waals surface area contributed by atoms with Gasteiger partial charge in [-0.1, -0.05) is 12.1 Å². The number of alkyl halides is 2. The van der Waals surface area contributed by atoms with Gasteiger partial charge in [-0.2, -0.15) is 8.78 Å². The molecule has 0 aliphatic heterocycles. The summed E-state index contributed by atoms with van der Waals surface area (Å²) in [5.41, 5.74) is 1.78. The van der Waals surface area contributed by atoms with Crippen molar-refractivity contribution in [2.24, 2.45) is 0 Å². The second-order valence-electron chi connectivity index (χ2n) is 5.63. The van der Waals surface area contributed by atoms with Gasteiger partial charge in [-0.15, -0.1) is 0 Å². The van der Waals surface area contributed by atoms with Crippen molar-refractivity contribution in [3.63, 3.8) is 0 Å². The maximum absolute atomic E-state index is 12.5. The summed E-state index contributed by atoms with van der Waals surface area (Å²) >= 11 is 0. The Kier molecular flexibility index (Phi) is 5.43. The van der Waals surface area contributed by atoms with Crippen LogP contribution >= 0.6 is 0 Å². The molecule has 7 heteroatoms. The fourth-order valence-electron chi connectivity index (χ4n) is 2.34. The highest BCUT2D eigenvalue weighted by atomic mass is 32.2. The number of anilines is 1. The second kappa shape index (κ2) is 7.17. The van der Waals surface area contributed by atoms with E-state index < -0.39 is 15.6 Å². The van der Waals surface area contributed by atoms with Crippen molar-refractivity contribution in [2.75, 3.05) is 11.9 Å². The summed E-state index contributed by atoms with van der Waals surface area (Å²) in [4.78, 5) is 1.55. The molecule has 0 fully saturated rings. The van der Waals surface area contributed by atoms with Crippen molar-refractivity contribution in [3.05, 3.63) is 54.1 Å². The zero-order valence-electron chi connectivity index (χ0n) is 13.4. The highest BCUT2D eigenvalue weighted by molar-refractivity contribution is 7.91. The van der Waals surface area contributed by atoms with Crippen LogP contribution < -0.4 is 4.90 Å². The molecular formula is C17H19F2NO3S. The molecule has 0 aliphatic rings. The van der Waals surface area contributed by atoms with Gasteiger partial charge in [0, 0.05) is 18.8 Å². The monoisotopic (exact) mass is 355 g/mol. The van der Waals surface area contributed by atoms with E-state index in [-0.39, 0.29) is 16.7 Å². The van der Waals surface area contributed by atoms with Crippen LogP contribution in [0, 0.1) is 0 Å². The second-order valence-corrected chi connectivity index (χ2v) is 7.55. The maximum Gasteiger partial charge on any atom is 0.341 e. The van der Waals surface area contributed by atoms with E-state index in [4.69, 9.17) is 0 Å². The van der Waals surface area contributed by atoms with E-state index >= 15 is 0 Å². The molecule has 2 aromatic carbocycles. The third kappa shape index (κ3) is 4.03.